The molecule has 0 aliphatic carbocycles. The topological polar surface area (TPSA) is 196 Å². The molecule has 0 aliphatic heterocycles. The molecule has 5 aromatic rings. The number of nitrogens with zero attached hydrogens (tertiary/aromatic N) is 3. The van der Waals surface area contributed by atoms with Gasteiger partial charge in [-0.05, 0) is 58.7 Å². The van der Waals surface area contributed by atoms with E-state index in [1.165, 1.54) is 18.3 Å². The molecule has 0 bridgehead atoms. The summed E-state index contributed by atoms with van der Waals surface area (Å²) in [6.45, 7) is 0. The lowest BCUT2D eigenvalue weighted by molar-refractivity contribution is 0.256. The van der Waals surface area contributed by atoms with Crippen LogP contribution in [-0.4, -0.2) is 27.9 Å². The molecular weight excluding hydrogens is 733 g/mol. The van der Waals surface area contributed by atoms with Crippen molar-refractivity contribution in [3.63, 3.8) is 0 Å². The molecule has 0 saturated carbocycles. The van der Waals surface area contributed by atoms with Gasteiger partial charge in [0.05, 0.1) is 25.0 Å². The van der Waals surface area contributed by atoms with Crippen LogP contribution in [0.3, 0.4) is 0 Å². The van der Waals surface area contributed by atoms with Gasteiger partial charge in [0.1, 0.15) is 14.2 Å². The third kappa shape index (κ3) is 9.54. The average molecular weight is 756 g/mol. The number of carbonyl (C=O) groups excluding carboxylic acids is 1. The number of sulfonamides is 2. The van der Waals surface area contributed by atoms with Crippen molar-refractivity contribution in [2.24, 2.45) is 5.14 Å². The van der Waals surface area contributed by atoms with Crippen molar-refractivity contribution in [1.29, 1.82) is 10.5 Å². The van der Waals surface area contributed by atoms with E-state index in [0.717, 1.165) is 54.7 Å². The van der Waals surface area contributed by atoms with Crippen molar-refractivity contribution in [1.82, 2.24) is 9.71 Å². The van der Waals surface area contributed by atoms with Gasteiger partial charge < -0.3 is 0 Å². The van der Waals surface area contributed by atoms with Crippen molar-refractivity contribution in [3.8, 4) is 33.0 Å². The molecule has 0 saturated heterocycles. The number of amides is 2. The molecule has 4 N–H and O–H groups in total. The van der Waals surface area contributed by atoms with Gasteiger partial charge in [0, 0.05) is 20.4 Å². The number of rotatable bonds is 8. The Kier molecular flexibility index (Phi) is 11.4. The number of hydrogen-bond donors (Lipinski definition) is 3. The van der Waals surface area contributed by atoms with Gasteiger partial charge in [0.2, 0.25) is 10.0 Å². The summed E-state index contributed by atoms with van der Waals surface area (Å²) in [5, 5.41) is 24.7. The first kappa shape index (κ1) is 34.5. The van der Waals surface area contributed by atoms with Gasteiger partial charge in [-0.25, -0.2) is 36.5 Å². The molecule has 0 radical (unpaired) electrons. The number of nitrogens with two attached hydrogens (primary N) is 1. The molecule has 0 unspecified atom stereocenters. The molecule has 2 amide bonds. The summed E-state index contributed by atoms with van der Waals surface area (Å²) in [5.41, 5.74) is 3.56. The number of primary sulfonamides is 1. The lowest BCUT2D eigenvalue weighted by Gasteiger charge is -2.07. The normalized spacial score (nSPS) is 11.0. The van der Waals surface area contributed by atoms with Gasteiger partial charge in [-0.1, -0.05) is 64.5 Å². The van der Waals surface area contributed by atoms with Crippen LogP contribution >= 0.6 is 38.6 Å². The molecule has 0 fully saturated rings. The number of carbonyl (C=O) groups is 1. The number of benzene rings is 2. The summed E-state index contributed by atoms with van der Waals surface area (Å²) in [4.78, 5) is 17.5. The van der Waals surface area contributed by atoms with Gasteiger partial charge in [0.15, 0.2) is 0 Å². The van der Waals surface area contributed by atoms with Crippen molar-refractivity contribution in [2.45, 2.75) is 21.3 Å². The van der Waals surface area contributed by atoms with Gasteiger partial charge in [0.25, 0.3) is 10.0 Å². The fourth-order valence-corrected chi connectivity index (χ4v) is 8.08. The smallest absolute Gasteiger partial charge is 0.291 e. The molecule has 3 aromatic heterocycles. The Morgan fingerprint density at radius 3 is 1.74 bits per heavy atom. The minimum Gasteiger partial charge on any atom is -0.291 e. The molecular formula is C30H23BrN6O5S4. The number of nitrogens with one attached hydrogen (secondary N) is 2. The molecule has 2 aromatic carbocycles. The van der Waals surface area contributed by atoms with E-state index < -0.39 is 26.1 Å². The second-order valence-electron chi connectivity index (χ2n) is 9.26. The van der Waals surface area contributed by atoms with Gasteiger partial charge in [-0.3, -0.25) is 5.32 Å². The van der Waals surface area contributed by atoms with E-state index in [2.05, 4.69) is 38.4 Å². The van der Waals surface area contributed by atoms with Crippen LogP contribution < -0.4 is 15.2 Å². The Morgan fingerprint density at radius 2 is 1.28 bits per heavy atom. The molecule has 0 atom stereocenters. The number of nitriles is 2. The average Bonchev–Trinajstić information content (AvgIpc) is 3.70. The summed E-state index contributed by atoms with van der Waals surface area (Å²) < 4.78 is 50.1. The molecule has 16 heteroatoms. The van der Waals surface area contributed by atoms with E-state index in [1.54, 1.807) is 24.3 Å². The summed E-state index contributed by atoms with van der Waals surface area (Å²) in [6.07, 6.45) is 2.16. The number of halogens is 1. The fraction of sp³-hybridized carbons (Fsp3) is 0.0667. The van der Waals surface area contributed by atoms with E-state index in [4.69, 9.17) is 15.7 Å². The molecule has 11 nitrogen and oxygen atoms in total. The summed E-state index contributed by atoms with van der Waals surface area (Å²) in [7, 11) is -7.65. The highest BCUT2D eigenvalue weighted by atomic mass is 79.9. The Hall–Kier alpha value is -4.42. The highest BCUT2D eigenvalue weighted by molar-refractivity contribution is 9.10. The first-order valence-corrected chi connectivity index (χ1v) is 18.4. The summed E-state index contributed by atoms with van der Waals surface area (Å²) >= 11 is 5.42. The third-order valence-electron chi connectivity index (χ3n) is 5.94. The number of urea groups is 1. The zero-order chi connectivity index (χ0) is 33.3. The zero-order valence-corrected chi connectivity index (χ0v) is 28.4. The Balaban J connectivity index is 0.000000230. The van der Waals surface area contributed by atoms with Crippen LogP contribution in [0.25, 0.3) is 20.9 Å². The molecule has 0 aliphatic rings. The maximum atomic E-state index is 12.5. The quantitative estimate of drug-likeness (QED) is 0.165. The van der Waals surface area contributed by atoms with Crippen molar-refractivity contribution < 1.29 is 21.6 Å². The molecule has 46 heavy (non-hydrogen) atoms. The monoisotopic (exact) mass is 754 g/mol. The SMILES string of the molecule is N#CCc1ccc(-c2ccc(S(=O)(=O)NC(=O)Nc3cc(Br)ccn3)s2)cc1.N#CCc1ccc(-c2ccc(S(N)(=O)=O)s2)cc1. The lowest BCUT2D eigenvalue weighted by atomic mass is 10.1. The predicted molar refractivity (Wildman–Crippen MR) is 181 cm³/mol. The van der Waals surface area contributed by atoms with Crippen LogP contribution in [0.2, 0.25) is 0 Å². The van der Waals surface area contributed by atoms with Crippen molar-refractivity contribution in [3.05, 3.63) is 107 Å². The second-order valence-corrected chi connectivity index (χ2v) is 16.0. The lowest BCUT2D eigenvalue weighted by Crippen LogP contribution is -2.34. The fourth-order valence-electron chi connectivity index (χ4n) is 3.79. The van der Waals surface area contributed by atoms with Gasteiger partial charge in [-0.2, -0.15) is 10.5 Å². The summed E-state index contributed by atoms with van der Waals surface area (Å²) in [5.74, 6) is 0.214. The number of thiophene rings is 2. The standard InChI is InChI=1S/C18H13BrN4O3S2.C12H10N2O2S2/c19-14-8-10-21-16(11-14)22-18(24)23-28(25,26)17-6-5-15(27-17)13-3-1-12(2-4-13)7-9-20;13-8-7-9-1-3-10(4-2-9)11-5-6-12(17-11)18(14,15)16/h1-6,8,10-11H,7H2,(H2,21,22,23,24);1-6H,7H2,(H2,14,15,16). The molecule has 0 spiro atoms. The molecule has 3 heterocycles. The van der Waals surface area contributed by atoms with Crippen LogP contribution in [0.4, 0.5) is 10.6 Å². The van der Waals surface area contributed by atoms with E-state index in [9.17, 15) is 21.6 Å². The maximum Gasteiger partial charge on any atom is 0.334 e. The second kappa shape index (κ2) is 15.2. The van der Waals surface area contributed by atoms with Crippen LogP contribution in [-0.2, 0) is 32.9 Å². The predicted octanol–water partition coefficient (Wildman–Crippen LogP) is 6.28. The van der Waals surface area contributed by atoms with Crippen LogP contribution in [0.5, 0.6) is 0 Å². The first-order chi connectivity index (χ1) is 21.9. The van der Waals surface area contributed by atoms with Crippen LogP contribution in [0, 0.1) is 22.7 Å². The van der Waals surface area contributed by atoms with Crippen molar-refractivity contribution in [2.75, 3.05) is 5.32 Å². The largest absolute Gasteiger partial charge is 0.334 e. The van der Waals surface area contributed by atoms with Crippen molar-refractivity contribution >= 4 is 70.5 Å². The van der Waals surface area contributed by atoms with Gasteiger partial charge >= 0.3 is 6.03 Å². The van der Waals surface area contributed by atoms with E-state index >= 15 is 0 Å². The minimum absolute atomic E-state index is 0.0148. The number of pyridine rings is 1. The highest BCUT2D eigenvalue weighted by Gasteiger charge is 2.21. The Labute approximate surface area is 282 Å². The van der Waals surface area contributed by atoms with Gasteiger partial charge in [-0.15, -0.1) is 22.7 Å². The van der Waals surface area contributed by atoms with Crippen LogP contribution in [0.15, 0.2) is 104 Å². The Bertz CT molecular complexity index is 2150. The molecule has 5 rings (SSSR count). The number of aromatic nitrogens is 1. The highest BCUT2D eigenvalue weighted by Crippen LogP contribution is 2.32. The number of anilines is 1. The minimum atomic E-state index is -4.02. The summed E-state index contributed by atoms with van der Waals surface area (Å²) in [6, 6.07) is 27.6. The zero-order valence-electron chi connectivity index (χ0n) is 23.5. The van der Waals surface area contributed by atoms with E-state index in [1.807, 2.05) is 53.3 Å². The van der Waals surface area contributed by atoms with E-state index in [-0.39, 0.29) is 14.2 Å². The van der Waals surface area contributed by atoms with Crippen LogP contribution in [0.1, 0.15) is 11.1 Å². The van der Waals surface area contributed by atoms with E-state index in [0.29, 0.717) is 17.3 Å². The Morgan fingerprint density at radius 1 is 0.783 bits per heavy atom. The maximum absolute atomic E-state index is 12.5. The molecule has 234 valence electrons. The first-order valence-electron chi connectivity index (χ1n) is 13.0. The third-order valence-corrected chi connectivity index (χ3v) is 12.0. The number of hydrogen-bond acceptors (Lipinski definition) is 10.